The number of aryl methyl sites for hydroxylation is 1. The molecule has 1 fully saturated rings. The number of H-pyrrole nitrogens is 1. The van der Waals surface area contributed by atoms with Gasteiger partial charge in [0, 0.05) is 12.6 Å². The van der Waals surface area contributed by atoms with Gasteiger partial charge in [-0.15, -0.1) is 0 Å². The average Bonchev–Trinajstić information content (AvgIpc) is 2.99. The maximum Gasteiger partial charge on any atom is 0.304 e. The number of aromatic nitrogens is 2. The van der Waals surface area contributed by atoms with Gasteiger partial charge < -0.3 is 5.11 Å². The molecular formula is C10H15N3O4S. The number of hydrogen-bond acceptors (Lipinski definition) is 4. The van der Waals surface area contributed by atoms with Crippen molar-refractivity contribution in [3.05, 3.63) is 11.9 Å². The molecular weight excluding hydrogens is 258 g/mol. The van der Waals surface area contributed by atoms with Crippen LogP contribution in [0.3, 0.4) is 0 Å². The SMILES string of the molecule is Cc1[nH]ncc1S(=O)(=O)N(CCC(=O)O)C1CC1. The molecule has 0 atom stereocenters. The van der Waals surface area contributed by atoms with E-state index < -0.39 is 16.0 Å². The zero-order valence-electron chi connectivity index (χ0n) is 9.96. The lowest BCUT2D eigenvalue weighted by atomic mass is 10.4. The van der Waals surface area contributed by atoms with Crippen molar-refractivity contribution in [1.29, 1.82) is 0 Å². The Balaban J connectivity index is 2.25. The lowest BCUT2D eigenvalue weighted by Crippen LogP contribution is -2.35. The molecule has 2 N–H and O–H groups in total. The van der Waals surface area contributed by atoms with Crippen LogP contribution in [0, 0.1) is 6.92 Å². The van der Waals surface area contributed by atoms with Crippen molar-refractivity contribution in [2.75, 3.05) is 6.54 Å². The highest BCUT2D eigenvalue weighted by atomic mass is 32.2. The molecule has 0 radical (unpaired) electrons. The molecule has 2 rings (SSSR count). The van der Waals surface area contributed by atoms with Crippen LogP contribution in [-0.2, 0) is 14.8 Å². The van der Waals surface area contributed by atoms with Crippen LogP contribution >= 0.6 is 0 Å². The van der Waals surface area contributed by atoms with Gasteiger partial charge in [0.25, 0.3) is 0 Å². The summed E-state index contributed by atoms with van der Waals surface area (Å²) in [5.41, 5.74) is 0.468. The van der Waals surface area contributed by atoms with Gasteiger partial charge in [-0.3, -0.25) is 9.89 Å². The molecule has 100 valence electrons. The molecule has 0 aromatic carbocycles. The first-order valence-electron chi connectivity index (χ1n) is 5.66. The van der Waals surface area contributed by atoms with Crippen LogP contribution in [0.4, 0.5) is 0 Å². The van der Waals surface area contributed by atoms with Gasteiger partial charge in [0.05, 0.1) is 18.3 Å². The quantitative estimate of drug-likeness (QED) is 0.778. The summed E-state index contributed by atoms with van der Waals surface area (Å²) < 4.78 is 26.0. The zero-order valence-corrected chi connectivity index (χ0v) is 10.8. The number of hydrogen-bond donors (Lipinski definition) is 2. The van der Waals surface area contributed by atoms with Crippen molar-refractivity contribution < 1.29 is 18.3 Å². The molecule has 0 spiro atoms. The van der Waals surface area contributed by atoms with E-state index in [9.17, 15) is 13.2 Å². The minimum absolute atomic E-state index is 0.00690. The van der Waals surface area contributed by atoms with E-state index in [4.69, 9.17) is 5.11 Å². The lowest BCUT2D eigenvalue weighted by Gasteiger charge is -2.20. The van der Waals surface area contributed by atoms with Gasteiger partial charge in [0.2, 0.25) is 10.0 Å². The van der Waals surface area contributed by atoms with E-state index >= 15 is 0 Å². The van der Waals surface area contributed by atoms with Crippen LogP contribution in [0.15, 0.2) is 11.1 Å². The fraction of sp³-hybridized carbons (Fsp3) is 0.600. The van der Waals surface area contributed by atoms with Gasteiger partial charge in [0.1, 0.15) is 4.90 Å². The Morgan fingerprint density at radius 3 is 2.72 bits per heavy atom. The van der Waals surface area contributed by atoms with E-state index in [0.717, 1.165) is 12.8 Å². The molecule has 1 saturated carbocycles. The number of sulfonamides is 1. The molecule has 1 aromatic rings. The van der Waals surface area contributed by atoms with Crippen LogP contribution in [0.1, 0.15) is 25.0 Å². The Labute approximate surface area is 105 Å². The second-order valence-corrected chi connectivity index (χ2v) is 6.21. The molecule has 1 aliphatic carbocycles. The largest absolute Gasteiger partial charge is 0.481 e. The summed E-state index contributed by atoms with van der Waals surface area (Å²) in [4.78, 5) is 10.7. The molecule has 1 aromatic heterocycles. The smallest absolute Gasteiger partial charge is 0.304 e. The molecule has 1 heterocycles. The van der Waals surface area contributed by atoms with Crippen LogP contribution < -0.4 is 0 Å². The average molecular weight is 273 g/mol. The number of rotatable bonds is 6. The van der Waals surface area contributed by atoms with E-state index in [1.54, 1.807) is 6.92 Å². The van der Waals surface area contributed by atoms with Gasteiger partial charge in [-0.05, 0) is 19.8 Å². The minimum atomic E-state index is -3.64. The highest BCUT2D eigenvalue weighted by molar-refractivity contribution is 7.89. The Kier molecular flexibility index (Phi) is 3.40. The number of carbonyl (C=O) groups is 1. The molecule has 0 amide bonds. The second-order valence-electron chi connectivity index (χ2n) is 4.35. The van der Waals surface area contributed by atoms with E-state index in [-0.39, 0.29) is 23.9 Å². The topological polar surface area (TPSA) is 103 Å². The number of nitrogens with one attached hydrogen (secondary N) is 1. The van der Waals surface area contributed by atoms with Crippen LogP contribution in [-0.4, -0.2) is 46.6 Å². The van der Waals surface area contributed by atoms with Crippen LogP contribution in [0.25, 0.3) is 0 Å². The predicted octanol–water partition coefficient (Wildman–Crippen LogP) is 0.346. The minimum Gasteiger partial charge on any atom is -0.481 e. The summed E-state index contributed by atoms with van der Waals surface area (Å²) in [5, 5.41) is 15.0. The predicted molar refractivity (Wildman–Crippen MR) is 62.5 cm³/mol. The van der Waals surface area contributed by atoms with E-state index in [0.29, 0.717) is 5.69 Å². The van der Waals surface area contributed by atoms with Crippen molar-refractivity contribution in [3.63, 3.8) is 0 Å². The molecule has 8 heteroatoms. The standard InChI is InChI=1S/C10H15N3O4S/c1-7-9(6-11-12-7)18(16,17)13(8-2-3-8)5-4-10(14)15/h6,8H,2-5H2,1H3,(H,11,12)(H,14,15). The number of aromatic amines is 1. The Morgan fingerprint density at radius 1 is 1.61 bits per heavy atom. The highest BCUT2D eigenvalue weighted by Crippen LogP contribution is 2.32. The van der Waals surface area contributed by atoms with Crippen molar-refractivity contribution in [2.24, 2.45) is 0 Å². The zero-order chi connectivity index (χ0) is 13.3. The number of carboxylic acid groups (broad SMARTS) is 1. The lowest BCUT2D eigenvalue weighted by molar-refractivity contribution is -0.137. The fourth-order valence-electron chi connectivity index (χ4n) is 1.79. The molecule has 7 nitrogen and oxygen atoms in total. The summed E-state index contributed by atoms with van der Waals surface area (Å²) in [7, 11) is -3.64. The van der Waals surface area contributed by atoms with Gasteiger partial charge in [-0.2, -0.15) is 9.40 Å². The normalized spacial score (nSPS) is 16.1. The number of carboxylic acids is 1. The summed E-state index contributed by atoms with van der Waals surface area (Å²) in [6.45, 7) is 1.63. The molecule has 0 aliphatic heterocycles. The third-order valence-electron chi connectivity index (χ3n) is 2.87. The summed E-state index contributed by atoms with van der Waals surface area (Å²) in [5.74, 6) is -1.00. The van der Waals surface area contributed by atoms with E-state index in [1.807, 2.05) is 0 Å². The fourth-order valence-corrected chi connectivity index (χ4v) is 3.60. The number of aliphatic carboxylic acids is 1. The van der Waals surface area contributed by atoms with Gasteiger partial charge in [-0.25, -0.2) is 8.42 Å². The number of nitrogens with zero attached hydrogens (tertiary/aromatic N) is 2. The molecule has 1 aliphatic rings. The van der Waals surface area contributed by atoms with Crippen molar-refractivity contribution in [3.8, 4) is 0 Å². The Hall–Kier alpha value is -1.41. The van der Waals surface area contributed by atoms with Crippen molar-refractivity contribution >= 4 is 16.0 Å². The highest BCUT2D eigenvalue weighted by Gasteiger charge is 2.39. The first kappa shape index (κ1) is 13.0. The maximum atomic E-state index is 12.4. The van der Waals surface area contributed by atoms with E-state index in [1.165, 1.54) is 10.5 Å². The Bertz CT molecular complexity index is 547. The van der Waals surface area contributed by atoms with E-state index in [2.05, 4.69) is 10.2 Å². The summed E-state index contributed by atoms with van der Waals surface area (Å²) in [6.07, 6.45) is 2.65. The third kappa shape index (κ3) is 2.54. The molecule has 0 unspecified atom stereocenters. The summed E-state index contributed by atoms with van der Waals surface area (Å²) >= 11 is 0. The first-order valence-corrected chi connectivity index (χ1v) is 7.10. The van der Waals surface area contributed by atoms with Gasteiger partial charge in [0.15, 0.2) is 0 Å². The maximum absolute atomic E-state index is 12.4. The second kappa shape index (κ2) is 4.69. The molecule has 0 bridgehead atoms. The first-order chi connectivity index (χ1) is 8.43. The van der Waals surface area contributed by atoms with Crippen molar-refractivity contribution in [1.82, 2.24) is 14.5 Å². The Morgan fingerprint density at radius 2 is 2.28 bits per heavy atom. The summed E-state index contributed by atoms with van der Waals surface area (Å²) in [6, 6.07) is -0.0661. The third-order valence-corrected chi connectivity index (χ3v) is 4.94. The van der Waals surface area contributed by atoms with Gasteiger partial charge >= 0.3 is 5.97 Å². The van der Waals surface area contributed by atoms with Gasteiger partial charge in [-0.1, -0.05) is 0 Å². The molecule has 18 heavy (non-hydrogen) atoms. The van der Waals surface area contributed by atoms with Crippen molar-refractivity contribution in [2.45, 2.75) is 37.1 Å². The van der Waals surface area contributed by atoms with Crippen LogP contribution in [0.2, 0.25) is 0 Å². The monoisotopic (exact) mass is 273 g/mol. The van der Waals surface area contributed by atoms with Crippen LogP contribution in [0.5, 0.6) is 0 Å². The molecule has 0 saturated heterocycles.